The molecule has 0 N–H and O–H groups in total. The highest BCUT2D eigenvalue weighted by Gasteiger charge is 2.09. The molecule has 174 valence electrons. The van der Waals surface area contributed by atoms with Crippen molar-refractivity contribution in [1.82, 2.24) is 0 Å². The number of ether oxygens (including phenoxy) is 4. The average molecular weight is 463 g/mol. The third-order valence-electron chi connectivity index (χ3n) is 4.23. The lowest BCUT2D eigenvalue weighted by molar-refractivity contribution is -0.149. The molecule has 3 rings (SSSR count). The topological polar surface area (TPSA) is 88.1 Å². The minimum absolute atomic E-state index is 0. The van der Waals surface area contributed by atoms with E-state index in [2.05, 4.69) is 4.74 Å². The molecule has 1 heterocycles. The lowest BCUT2D eigenvalue weighted by Gasteiger charge is -2.08. The summed E-state index contributed by atoms with van der Waals surface area (Å²) in [6.07, 6.45) is 1.14. The average Bonchev–Trinajstić information content (AvgIpc) is 2.75. The Morgan fingerprint density at radius 3 is 2.16 bits per heavy atom. The molecule has 1 aromatic heterocycles. The van der Waals surface area contributed by atoms with Crippen LogP contribution in [0.25, 0.3) is 20.2 Å². The van der Waals surface area contributed by atoms with Crippen molar-refractivity contribution in [1.29, 1.82) is 0 Å². The van der Waals surface area contributed by atoms with Gasteiger partial charge in [-0.15, -0.1) is 11.3 Å². The maximum absolute atomic E-state index is 12.7. The first-order valence-corrected chi connectivity index (χ1v) is 10.3. The number of carbonyl (C=O) groups is 2. The number of hydrogen-bond acceptors (Lipinski definition) is 8. The van der Waals surface area contributed by atoms with Crippen LogP contribution in [0.1, 0.15) is 27.7 Å². The molecule has 0 amide bonds. The molecule has 0 unspecified atom stereocenters. The number of benzene rings is 2. The predicted molar refractivity (Wildman–Crippen MR) is 128 cm³/mol. The van der Waals surface area contributed by atoms with E-state index in [4.69, 9.17) is 14.2 Å². The van der Waals surface area contributed by atoms with Crippen LogP contribution in [0.15, 0.2) is 47.3 Å². The van der Waals surface area contributed by atoms with Crippen molar-refractivity contribution in [3.63, 3.8) is 0 Å². The Morgan fingerprint density at radius 2 is 1.47 bits per heavy atom. The zero-order chi connectivity index (χ0) is 21.3. The van der Waals surface area contributed by atoms with E-state index in [1.165, 1.54) is 18.4 Å². The van der Waals surface area contributed by atoms with E-state index in [0.29, 0.717) is 29.4 Å². The summed E-state index contributed by atoms with van der Waals surface area (Å²) in [6.45, 7) is 0.131. The molecule has 32 heavy (non-hydrogen) atoms. The van der Waals surface area contributed by atoms with Crippen LogP contribution >= 0.6 is 11.3 Å². The standard InChI is InChI=1S/C22H22O7S.2CH4/c1-26-13-20(23)27-10-4-5-11-28-21(24)14-29-15-8-9-19-17(12-15)22(25)16-6-2-3-7-18(16)30-19;;/h2-3,6-9,12H,4-5,10-11,13-14H2,1H3;2*1H4. The summed E-state index contributed by atoms with van der Waals surface area (Å²) in [5, 5.41) is 1.23. The first kappa shape index (κ1) is 27.1. The fraction of sp³-hybridized carbons (Fsp3) is 0.375. The van der Waals surface area contributed by atoms with E-state index >= 15 is 0 Å². The Balaban J connectivity index is 0.00000256. The number of esters is 2. The summed E-state index contributed by atoms with van der Waals surface area (Å²) in [5.41, 5.74) is -0.0569. The fourth-order valence-electron chi connectivity index (χ4n) is 2.79. The smallest absolute Gasteiger partial charge is 0.344 e. The van der Waals surface area contributed by atoms with Crippen molar-refractivity contribution >= 4 is 43.4 Å². The third-order valence-corrected chi connectivity index (χ3v) is 5.38. The zero-order valence-electron chi connectivity index (χ0n) is 16.6. The Morgan fingerprint density at radius 1 is 0.844 bits per heavy atom. The third kappa shape index (κ3) is 7.32. The highest BCUT2D eigenvalue weighted by atomic mass is 32.1. The molecule has 0 atom stereocenters. The van der Waals surface area contributed by atoms with Crippen LogP contribution in [0, 0.1) is 0 Å². The molecule has 2 aromatic carbocycles. The molecule has 0 saturated carbocycles. The van der Waals surface area contributed by atoms with Crippen LogP contribution in [0.5, 0.6) is 5.75 Å². The highest BCUT2D eigenvalue weighted by molar-refractivity contribution is 7.24. The quantitative estimate of drug-likeness (QED) is 0.248. The van der Waals surface area contributed by atoms with E-state index in [0.717, 1.165) is 9.40 Å². The summed E-state index contributed by atoms with van der Waals surface area (Å²) in [7, 11) is 1.42. The minimum atomic E-state index is -0.504. The minimum Gasteiger partial charge on any atom is -0.482 e. The van der Waals surface area contributed by atoms with E-state index in [1.807, 2.05) is 24.3 Å². The lowest BCUT2D eigenvalue weighted by atomic mass is 10.2. The molecule has 0 bridgehead atoms. The first-order valence-electron chi connectivity index (χ1n) is 9.47. The number of unbranched alkanes of at least 4 members (excludes halogenated alkanes) is 1. The summed E-state index contributed by atoms with van der Waals surface area (Å²) in [6, 6.07) is 12.7. The van der Waals surface area contributed by atoms with Crippen molar-refractivity contribution < 1.29 is 28.5 Å². The summed E-state index contributed by atoms with van der Waals surface area (Å²) < 4.78 is 21.9. The van der Waals surface area contributed by atoms with Crippen LogP contribution in [0.3, 0.4) is 0 Å². The molecule has 8 heteroatoms. The van der Waals surface area contributed by atoms with E-state index in [1.54, 1.807) is 18.2 Å². The second kappa shape index (κ2) is 13.4. The maximum atomic E-state index is 12.7. The van der Waals surface area contributed by atoms with Crippen LogP contribution < -0.4 is 10.2 Å². The number of fused-ring (bicyclic) bond motifs is 2. The van der Waals surface area contributed by atoms with Gasteiger partial charge in [-0.05, 0) is 43.2 Å². The molecule has 0 fully saturated rings. The van der Waals surface area contributed by atoms with Crippen LogP contribution in [-0.2, 0) is 23.8 Å². The molecule has 3 aromatic rings. The van der Waals surface area contributed by atoms with E-state index in [9.17, 15) is 14.4 Å². The Labute approximate surface area is 191 Å². The van der Waals surface area contributed by atoms with Crippen molar-refractivity contribution in [2.45, 2.75) is 27.7 Å². The van der Waals surface area contributed by atoms with Crippen molar-refractivity contribution in [2.75, 3.05) is 33.5 Å². The molecule has 0 spiro atoms. The Kier molecular flexibility index (Phi) is 11.4. The zero-order valence-corrected chi connectivity index (χ0v) is 17.4. The van der Waals surface area contributed by atoms with Crippen LogP contribution in [0.4, 0.5) is 0 Å². The fourth-order valence-corrected chi connectivity index (χ4v) is 3.84. The predicted octanol–water partition coefficient (Wildman–Crippen LogP) is 4.58. The lowest BCUT2D eigenvalue weighted by Crippen LogP contribution is -2.16. The second-order valence-corrected chi connectivity index (χ2v) is 7.54. The molecule has 0 aliphatic heterocycles. The van der Waals surface area contributed by atoms with Crippen molar-refractivity contribution in [3.05, 3.63) is 52.7 Å². The summed E-state index contributed by atoms with van der Waals surface area (Å²) in [5.74, 6) is -0.493. The highest BCUT2D eigenvalue weighted by Crippen LogP contribution is 2.27. The monoisotopic (exact) mass is 462 g/mol. The second-order valence-electron chi connectivity index (χ2n) is 6.46. The van der Waals surface area contributed by atoms with E-state index < -0.39 is 11.9 Å². The first-order chi connectivity index (χ1) is 14.6. The van der Waals surface area contributed by atoms with Gasteiger partial charge >= 0.3 is 11.9 Å². The normalized spacial score (nSPS) is 10.2. The van der Waals surface area contributed by atoms with Gasteiger partial charge in [0.25, 0.3) is 0 Å². The van der Waals surface area contributed by atoms with Gasteiger partial charge in [0.2, 0.25) is 0 Å². The van der Waals surface area contributed by atoms with Gasteiger partial charge in [-0.2, -0.15) is 0 Å². The molecular formula is C24H30O7S. The van der Waals surface area contributed by atoms with Gasteiger partial charge in [-0.1, -0.05) is 27.0 Å². The van der Waals surface area contributed by atoms with Gasteiger partial charge < -0.3 is 18.9 Å². The van der Waals surface area contributed by atoms with Gasteiger partial charge in [-0.3, -0.25) is 4.79 Å². The van der Waals surface area contributed by atoms with E-state index in [-0.39, 0.29) is 46.7 Å². The van der Waals surface area contributed by atoms with Gasteiger partial charge in [0.1, 0.15) is 12.4 Å². The van der Waals surface area contributed by atoms with Gasteiger partial charge in [0.05, 0.1) is 13.2 Å². The maximum Gasteiger partial charge on any atom is 0.344 e. The SMILES string of the molecule is C.C.COCC(=O)OCCCCOC(=O)COc1ccc2sc3ccccc3c(=O)c2c1. The van der Waals surface area contributed by atoms with Gasteiger partial charge in [0, 0.05) is 27.3 Å². The Hall–Kier alpha value is -2.97. The number of carbonyl (C=O) groups excluding carboxylic acids is 2. The summed E-state index contributed by atoms with van der Waals surface area (Å²) in [4.78, 5) is 35.6. The van der Waals surface area contributed by atoms with Crippen LogP contribution in [0.2, 0.25) is 0 Å². The number of methoxy groups -OCH3 is 1. The van der Waals surface area contributed by atoms with Crippen molar-refractivity contribution in [3.8, 4) is 5.75 Å². The number of hydrogen-bond donors (Lipinski definition) is 0. The van der Waals surface area contributed by atoms with Crippen LogP contribution in [-0.4, -0.2) is 45.5 Å². The molecule has 0 saturated heterocycles. The molecular weight excluding hydrogens is 432 g/mol. The Bertz CT molecular complexity index is 1090. The van der Waals surface area contributed by atoms with Gasteiger partial charge in [-0.25, -0.2) is 9.59 Å². The largest absolute Gasteiger partial charge is 0.482 e. The molecule has 7 nitrogen and oxygen atoms in total. The molecule has 0 aliphatic rings. The van der Waals surface area contributed by atoms with Crippen molar-refractivity contribution in [2.24, 2.45) is 0 Å². The molecule has 0 radical (unpaired) electrons. The molecule has 0 aliphatic carbocycles. The van der Waals surface area contributed by atoms with Gasteiger partial charge in [0.15, 0.2) is 12.0 Å². The number of rotatable bonds is 10. The summed E-state index contributed by atoms with van der Waals surface area (Å²) >= 11 is 1.53.